The van der Waals surface area contributed by atoms with E-state index in [-0.39, 0.29) is 11.8 Å². The average molecular weight is 337 g/mol. The Morgan fingerprint density at radius 2 is 1.58 bits per heavy atom. The third kappa shape index (κ3) is 5.72. The van der Waals surface area contributed by atoms with E-state index in [0.717, 1.165) is 5.69 Å². The molecule has 0 bridgehead atoms. The molecule has 0 aliphatic carbocycles. The molecule has 1 heterocycles. The van der Waals surface area contributed by atoms with Crippen LogP contribution in [0.5, 0.6) is 0 Å². The summed E-state index contributed by atoms with van der Waals surface area (Å²) in [4.78, 5) is 26.0. The minimum Gasteiger partial charge on any atom is -0.444 e. The molecule has 7 heteroatoms. The average Bonchev–Trinajstić information content (AvgIpc) is 2.55. The second kappa shape index (κ2) is 8.52. The number of hydrogen-bond acceptors (Lipinski definition) is 5. The van der Waals surface area contributed by atoms with Crippen LogP contribution in [-0.4, -0.2) is 47.7 Å². The van der Waals surface area contributed by atoms with Gasteiger partial charge in [0.25, 0.3) is 5.69 Å². The number of ether oxygens (including phenoxy) is 1. The molecule has 1 amide bonds. The smallest absolute Gasteiger partial charge is 0.410 e. The summed E-state index contributed by atoms with van der Waals surface area (Å²) >= 11 is 0. The van der Waals surface area contributed by atoms with E-state index in [1.807, 2.05) is 34.6 Å². The zero-order valence-corrected chi connectivity index (χ0v) is 15.1. The van der Waals surface area contributed by atoms with Crippen molar-refractivity contribution in [1.29, 1.82) is 0 Å². The van der Waals surface area contributed by atoms with E-state index in [2.05, 4.69) is 4.90 Å². The summed E-state index contributed by atoms with van der Waals surface area (Å²) in [6.07, 6.45) is -0.296. The number of benzene rings is 1. The predicted octanol–water partition coefficient (Wildman–Crippen LogP) is 3.68. The van der Waals surface area contributed by atoms with Crippen molar-refractivity contribution < 1.29 is 14.5 Å². The van der Waals surface area contributed by atoms with Gasteiger partial charge in [0.05, 0.1) is 4.92 Å². The number of piperazine rings is 1. The Kier molecular flexibility index (Phi) is 7.00. The molecular weight excluding hydrogens is 310 g/mol. The number of hydrogen-bond donors (Lipinski definition) is 0. The quantitative estimate of drug-likeness (QED) is 0.608. The predicted molar refractivity (Wildman–Crippen MR) is 94.5 cm³/mol. The van der Waals surface area contributed by atoms with Crippen molar-refractivity contribution in [3.8, 4) is 0 Å². The Labute approximate surface area is 143 Å². The highest BCUT2D eigenvalue weighted by Gasteiger charge is 2.26. The van der Waals surface area contributed by atoms with Gasteiger partial charge in [-0.1, -0.05) is 13.8 Å². The first-order valence-electron chi connectivity index (χ1n) is 8.23. The molecule has 2 rings (SSSR count). The monoisotopic (exact) mass is 337 g/mol. The van der Waals surface area contributed by atoms with Crippen molar-refractivity contribution in [1.82, 2.24) is 4.90 Å². The molecule has 1 aromatic carbocycles. The SMILES string of the molecule is CC.CC(C)(C)OC(=O)N1CCN(c2ccc([N+](=O)[O-])cc2)CC1. The Balaban J connectivity index is 0.00000139. The Morgan fingerprint density at radius 3 is 2.00 bits per heavy atom. The van der Waals surface area contributed by atoms with Gasteiger partial charge in [0, 0.05) is 44.0 Å². The minimum atomic E-state index is -0.493. The van der Waals surface area contributed by atoms with Gasteiger partial charge in [-0.05, 0) is 32.9 Å². The zero-order valence-electron chi connectivity index (χ0n) is 15.1. The molecule has 1 aliphatic rings. The maximum Gasteiger partial charge on any atom is 0.410 e. The third-order valence-corrected chi connectivity index (χ3v) is 3.36. The van der Waals surface area contributed by atoms with Crippen LogP contribution in [0.1, 0.15) is 34.6 Å². The zero-order chi connectivity index (χ0) is 18.3. The molecule has 1 aromatic rings. The Bertz CT molecular complexity index is 544. The molecule has 1 saturated heterocycles. The molecule has 24 heavy (non-hydrogen) atoms. The van der Waals surface area contributed by atoms with Crippen LogP contribution >= 0.6 is 0 Å². The molecule has 134 valence electrons. The van der Waals surface area contributed by atoms with Crippen molar-refractivity contribution in [3.63, 3.8) is 0 Å². The molecule has 0 aromatic heterocycles. The molecule has 0 saturated carbocycles. The van der Waals surface area contributed by atoms with E-state index in [9.17, 15) is 14.9 Å². The summed E-state index contributed by atoms with van der Waals surface area (Å²) in [5.41, 5.74) is 0.512. The van der Waals surface area contributed by atoms with Crippen LogP contribution in [0.3, 0.4) is 0 Å². The first-order chi connectivity index (χ1) is 11.3. The first-order valence-corrected chi connectivity index (χ1v) is 8.23. The van der Waals surface area contributed by atoms with Crippen LogP contribution in [0, 0.1) is 10.1 Å². The maximum atomic E-state index is 12.0. The lowest BCUT2D eigenvalue weighted by atomic mass is 10.2. The summed E-state index contributed by atoms with van der Waals surface area (Å²) in [6.45, 7) is 12.0. The van der Waals surface area contributed by atoms with Crippen molar-refractivity contribution in [2.75, 3.05) is 31.1 Å². The van der Waals surface area contributed by atoms with E-state index < -0.39 is 10.5 Å². The largest absolute Gasteiger partial charge is 0.444 e. The standard InChI is InChI=1S/C15H21N3O4.C2H6/c1-15(2,3)22-14(19)17-10-8-16(9-11-17)12-4-6-13(7-5-12)18(20)21;1-2/h4-7H,8-11H2,1-3H3;1-2H3. The highest BCUT2D eigenvalue weighted by molar-refractivity contribution is 5.68. The van der Waals surface area contributed by atoms with Crippen LogP contribution in [0.25, 0.3) is 0 Å². The van der Waals surface area contributed by atoms with Gasteiger partial charge >= 0.3 is 6.09 Å². The molecule has 7 nitrogen and oxygen atoms in total. The fraction of sp³-hybridized carbons (Fsp3) is 0.588. The fourth-order valence-corrected chi connectivity index (χ4v) is 2.26. The topological polar surface area (TPSA) is 75.9 Å². The van der Waals surface area contributed by atoms with Crippen molar-refractivity contribution >= 4 is 17.5 Å². The van der Waals surface area contributed by atoms with E-state index in [1.165, 1.54) is 12.1 Å². The summed E-state index contributed by atoms with van der Waals surface area (Å²) in [7, 11) is 0. The molecule has 1 fully saturated rings. The van der Waals surface area contributed by atoms with E-state index >= 15 is 0 Å². The van der Waals surface area contributed by atoms with Crippen molar-refractivity contribution in [2.24, 2.45) is 0 Å². The number of nitrogens with zero attached hydrogens (tertiary/aromatic N) is 3. The molecule has 0 unspecified atom stereocenters. The number of carbonyl (C=O) groups excluding carboxylic acids is 1. The van der Waals surface area contributed by atoms with E-state index in [0.29, 0.717) is 26.2 Å². The lowest BCUT2D eigenvalue weighted by Gasteiger charge is -2.36. The second-order valence-corrected chi connectivity index (χ2v) is 6.23. The summed E-state index contributed by atoms with van der Waals surface area (Å²) in [5, 5.41) is 10.7. The van der Waals surface area contributed by atoms with Crippen LogP contribution in [0.4, 0.5) is 16.2 Å². The van der Waals surface area contributed by atoms with Gasteiger partial charge in [-0.3, -0.25) is 10.1 Å². The van der Waals surface area contributed by atoms with Gasteiger partial charge < -0.3 is 14.5 Å². The van der Waals surface area contributed by atoms with E-state index in [4.69, 9.17) is 4.74 Å². The summed E-state index contributed by atoms with van der Waals surface area (Å²) < 4.78 is 5.35. The summed E-state index contributed by atoms with van der Waals surface area (Å²) in [6, 6.07) is 6.47. The maximum absolute atomic E-state index is 12.0. The van der Waals surface area contributed by atoms with Crippen molar-refractivity contribution in [2.45, 2.75) is 40.2 Å². The fourth-order valence-electron chi connectivity index (χ4n) is 2.26. The van der Waals surface area contributed by atoms with Gasteiger partial charge in [-0.15, -0.1) is 0 Å². The lowest BCUT2D eigenvalue weighted by molar-refractivity contribution is -0.384. The highest BCUT2D eigenvalue weighted by Crippen LogP contribution is 2.21. The Morgan fingerprint density at radius 1 is 1.08 bits per heavy atom. The van der Waals surface area contributed by atoms with Crippen LogP contribution in [0.2, 0.25) is 0 Å². The van der Waals surface area contributed by atoms with Crippen molar-refractivity contribution in [3.05, 3.63) is 34.4 Å². The number of anilines is 1. The van der Waals surface area contributed by atoms with Gasteiger partial charge in [-0.2, -0.15) is 0 Å². The third-order valence-electron chi connectivity index (χ3n) is 3.36. The van der Waals surface area contributed by atoms with Crippen LogP contribution in [-0.2, 0) is 4.74 Å². The molecule has 0 spiro atoms. The second-order valence-electron chi connectivity index (χ2n) is 6.23. The normalized spacial score (nSPS) is 14.5. The van der Waals surface area contributed by atoms with E-state index in [1.54, 1.807) is 17.0 Å². The number of non-ortho nitro benzene ring substituents is 1. The molecule has 0 atom stereocenters. The number of rotatable bonds is 2. The van der Waals surface area contributed by atoms with Crippen LogP contribution in [0.15, 0.2) is 24.3 Å². The number of nitro groups is 1. The summed E-state index contributed by atoms with van der Waals surface area (Å²) in [5.74, 6) is 0. The molecule has 0 radical (unpaired) electrons. The minimum absolute atomic E-state index is 0.0798. The molecular formula is C17H27N3O4. The molecule has 1 aliphatic heterocycles. The van der Waals surface area contributed by atoms with Gasteiger partial charge in [0.1, 0.15) is 5.60 Å². The van der Waals surface area contributed by atoms with Crippen LogP contribution < -0.4 is 4.90 Å². The number of amides is 1. The first kappa shape index (κ1) is 19.7. The molecule has 0 N–H and O–H groups in total. The van der Waals surface area contributed by atoms with Gasteiger partial charge in [0.2, 0.25) is 0 Å². The van der Waals surface area contributed by atoms with Gasteiger partial charge in [0.15, 0.2) is 0 Å². The Hall–Kier alpha value is -2.31. The highest BCUT2D eigenvalue weighted by atomic mass is 16.6. The lowest BCUT2D eigenvalue weighted by Crippen LogP contribution is -2.50. The number of nitro benzene ring substituents is 1. The number of carbonyl (C=O) groups is 1. The van der Waals surface area contributed by atoms with Gasteiger partial charge in [-0.25, -0.2) is 4.79 Å².